The second-order valence-corrected chi connectivity index (χ2v) is 8.36. The monoisotopic (exact) mass is 439 g/mol. The van der Waals surface area contributed by atoms with Gasteiger partial charge in [-0.15, -0.1) is 0 Å². The highest BCUT2D eigenvalue weighted by atomic mass is 16.1. The average molecular weight is 440 g/mol. The van der Waals surface area contributed by atoms with Gasteiger partial charge in [0.05, 0.1) is 40.8 Å². The Bertz CT molecular complexity index is 1470. The van der Waals surface area contributed by atoms with Crippen molar-refractivity contribution in [2.24, 2.45) is 12.8 Å². The highest BCUT2D eigenvalue weighted by Gasteiger charge is 2.14. The fraction of sp³-hybridized carbons (Fsp3) is 0.160. The number of aryl methyl sites for hydroxylation is 1. The molecule has 33 heavy (non-hydrogen) atoms. The molecule has 0 aliphatic heterocycles. The summed E-state index contributed by atoms with van der Waals surface area (Å²) < 4.78 is 5.91. The van der Waals surface area contributed by atoms with Crippen LogP contribution in [0.4, 0.5) is 5.69 Å². The van der Waals surface area contributed by atoms with Crippen LogP contribution >= 0.6 is 0 Å². The van der Waals surface area contributed by atoms with Crippen LogP contribution in [0.15, 0.2) is 73.6 Å². The minimum Gasteiger partial charge on any atom is -0.381 e. The van der Waals surface area contributed by atoms with Crippen LogP contribution in [0.25, 0.3) is 33.5 Å². The SMILES string of the molecule is CC(C)Nc1cc(C(N)=O)ccc1-n1ccc2c(-n3cnc(-c4cnn(C)c4)c3)cccc21. The Hall–Kier alpha value is -4.33. The smallest absolute Gasteiger partial charge is 0.248 e. The Balaban J connectivity index is 1.60. The number of carbonyl (C=O) groups excluding carboxylic acids is 1. The number of imidazole rings is 1. The molecule has 8 heteroatoms. The van der Waals surface area contributed by atoms with Gasteiger partial charge in [0.25, 0.3) is 0 Å². The van der Waals surface area contributed by atoms with Gasteiger partial charge in [-0.25, -0.2) is 4.98 Å². The second-order valence-electron chi connectivity index (χ2n) is 8.36. The highest BCUT2D eigenvalue weighted by Crippen LogP contribution is 2.31. The zero-order chi connectivity index (χ0) is 23.1. The number of primary amides is 1. The lowest BCUT2D eigenvalue weighted by Crippen LogP contribution is -2.15. The zero-order valence-electron chi connectivity index (χ0n) is 18.7. The number of aromatic nitrogens is 5. The molecule has 1 amide bonds. The lowest BCUT2D eigenvalue weighted by atomic mass is 10.1. The first kappa shape index (κ1) is 20.6. The molecule has 0 aliphatic rings. The molecule has 0 atom stereocenters. The van der Waals surface area contributed by atoms with E-state index in [1.165, 1.54) is 0 Å². The Morgan fingerprint density at radius 3 is 2.67 bits per heavy atom. The van der Waals surface area contributed by atoms with Crippen LogP contribution in [0.3, 0.4) is 0 Å². The number of nitrogens with zero attached hydrogens (tertiary/aromatic N) is 5. The minimum absolute atomic E-state index is 0.195. The normalized spacial score (nSPS) is 11.4. The molecule has 0 spiro atoms. The summed E-state index contributed by atoms with van der Waals surface area (Å²) in [5.74, 6) is -0.447. The van der Waals surface area contributed by atoms with Crippen molar-refractivity contribution in [3.63, 3.8) is 0 Å². The van der Waals surface area contributed by atoms with Gasteiger partial charge in [-0.3, -0.25) is 9.48 Å². The largest absolute Gasteiger partial charge is 0.381 e. The molecule has 166 valence electrons. The Morgan fingerprint density at radius 1 is 1.09 bits per heavy atom. The molecule has 0 radical (unpaired) electrons. The Morgan fingerprint density at radius 2 is 1.94 bits per heavy atom. The van der Waals surface area contributed by atoms with Gasteiger partial charge in [0.1, 0.15) is 0 Å². The summed E-state index contributed by atoms with van der Waals surface area (Å²) in [7, 11) is 1.89. The summed E-state index contributed by atoms with van der Waals surface area (Å²) in [5, 5.41) is 8.76. The summed E-state index contributed by atoms with van der Waals surface area (Å²) in [4.78, 5) is 16.3. The number of amides is 1. The van der Waals surface area contributed by atoms with Crippen LogP contribution in [-0.4, -0.2) is 35.8 Å². The van der Waals surface area contributed by atoms with E-state index < -0.39 is 5.91 Å². The third kappa shape index (κ3) is 3.76. The summed E-state index contributed by atoms with van der Waals surface area (Å²) >= 11 is 0. The predicted octanol–water partition coefficient (Wildman–Crippen LogP) is 4.14. The fourth-order valence-electron chi connectivity index (χ4n) is 4.07. The van der Waals surface area contributed by atoms with Gasteiger partial charge >= 0.3 is 0 Å². The second kappa shape index (κ2) is 7.98. The minimum atomic E-state index is -0.447. The van der Waals surface area contributed by atoms with Crippen molar-refractivity contribution in [2.75, 3.05) is 5.32 Å². The maximum atomic E-state index is 11.7. The molecule has 5 rings (SSSR count). The van der Waals surface area contributed by atoms with Crippen LogP contribution in [0.5, 0.6) is 0 Å². The number of hydrogen-bond donors (Lipinski definition) is 2. The van der Waals surface area contributed by atoms with Crippen molar-refractivity contribution in [1.29, 1.82) is 0 Å². The number of fused-ring (bicyclic) bond motifs is 1. The lowest BCUT2D eigenvalue weighted by molar-refractivity contribution is 0.100. The average Bonchev–Trinajstić information content (AvgIpc) is 3.52. The molecule has 0 saturated heterocycles. The number of benzene rings is 2. The van der Waals surface area contributed by atoms with Crippen molar-refractivity contribution in [3.05, 3.63) is 79.1 Å². The van der Waals surface area contributed by atoms with Crippen LogP contribution in [0.1, 0.15) is 24.2 Å². The first-order chi connectivity index (χ1) is 15.9. The van der Waals surface area contributed by atoms with Crippen LogP contribution in [0.2, 0.25) is 0 Å². The first-order valence-electron chi connectivity index (χ1n) is 10.7. The van der Waals surface area contributed by atoms with Crippen LogP contribution < -0.4 is 11.1 Å². The summed E-state index contributed by atoms with van der Waals surface area (Å²) in [5.41, 5.74) is 11.7. The van der Waals surface area contributed by atoms with E-state index in [1.807, 2.05) is 60.9 Å². The first-order valence-corrected chi connectivity index (χ1v) is 10.7. The number of nitrogens with two attached hydrogens (primary N) is 1. The predicted molar refractivity (Wildman–Crippen MR) is 130 cm³/mol. The van der Waals surface area contributed by atoms with E-state index in [4.69, 9.17) is 5.73 Å². The molecule has 3 heterocycles. The maximum absolute atomic E-state index is 11.7. The van der Waals surface area contributed by atoms with Crippen LogP contribution in [0, 0.1) is 0 Å². The van der Waals surface area contributed by atoms with Gasteiger partial charge in [-0.2, -0.15) is 5.10 Å². The van der Waals surface area contributed by atoms with E-state index in [-0.39, 0.29) is 6.04 Å². The summed E-state index contributed by atoms with van der Waals surface area (Å²) in [6, 6.07) is 14.0. The number of carbonyl (C=O) groups is 1. The van der Waals surface area contributed by atoms with Gasteiger partial charge in [0, 0.05) is 48.2 Å². The number of nitrogens with one attached hydrogen (secondary N) is 1. The molecule has 0 aliphatic carbocycles. The number of hydrogen-bond acceptors (Lipinski definition) is 4. The third-order valence-electron chi connectivity index (χ3n) is 5.56. The van der Waals surface area contributed by atoms with Gasteiger partial charge < -0.3 is 20.2 Å². The van der Waals surface area contributed by atoms with E-state index in [0.29, 0.717) is 5.56 Å². The molecular formula is C25H25N7O. The molecule has 8 nitrogen and oxygen atoms in total. The van der Waals surface area contributed by atoms with Gasteiger partial charge in [0.15, 0.2) is 0 Å². The topological polar surface area (TPSA) is 95.7 Å². The van der Waals surface area contributed by atoms with Gasteiger partial charge in [-0.05, 0) is 50.2 Å². The molecule has 3 aromatic heterocycles. The molecule has 0 bridgehead atoms. The quantitative estimate of drug-likeness (QED) is 0.416. The molecule has 5 aromatic rings. The number of rotatable bonds is 6. The van der Waals surface area contributed by atoms with Crippen molar-refractivity contribution < 1.29 is 4.79 Å². The molecular weight excluding hydrogens is 414 g/mol. The van der Waals surface area contributed by atoms with E-state index in [2.05, 4.69) is 52.0 Å². The standard InChI is InChI=1S/C25H25N7O/c1-16(2)29-20-11-17(25(26)33)7-8-24(20)32-10-9-19-22(5-4-6-23(19)32)31-14-21(27-15-31)18-12-28-30(3)13-18/h4-16,29H,1-3H3,(H2,26,33). The summed E-state index contributed by atoms with van der Waals surface area (Å²) in [6.07, 6.45) is 9.63. The van der Waals surface area contributed by atoms with Crippen molar-refractivity contribution in [1.82, 2.24) is 23.9 Å². The highest BCUT2D eigenvalue weighted by molar-refractivity contribution is 5.95. The molecule has 0 unspecified atom stereocenters. The van der Waals surface area contributed by atoms with E-state index in [9.17, 15) is 4.79 Å². The van der Waals surface area contributed by atoms with E-state index >= 15 is 0 Å². The lowest BCUT2D eigenvalue weighted by Gasteiger charge is -2.17. The number of anilines is 1. The molecule has 0 saturated carbocycles. The summed E-state index contributed by atoms with van der Waals surface area (Å²) in [6.45, 7) is 4.12. The zero-order valence-corrected chi connectivity index (χ0v) is 18.7. The van der Waals surface area contributed by atoms with Gasteiger partial charge in [-0.1, -0.05) is 6.07 Å². The third-order valence-corrected chi connectivity index (χ3v) is 5.56. The van der Waals surface area contributed by atoms with Crippen molar-refractivity contribution in [2.45, 2.75) is 19.9 Å². The van der Waals surface area contributed by atoms with Crippen molar-refractivity contribution in [3.8, 4) is 22.6 Å². The maximum Gasteiger partial charge on any atom is 0.248 e. The molecule has 2 aromatic carbocycles. The molecule has 3 N–H and O–H groups in total. The fourth-order valence-corrected chi connectivity index (χ4v) is 4.07. The van der Waals surface area contributed by atoms with Gasteiger partial charge in [0.2, 0.25) is 5.91 Å². The van der Waals surface area contributed by atoms with E-state index in [1.54, 1.807) is 10.7 Å². The Kier molecular flexibility index (Phi) is 4.97. The van der Waals surface area contributed by atoms with Crippen molar-refractivity contribution >= 4 is 22.5 Å². The van der Waals surface area contributed by atoms with Crippen LogP contribution in [-0.2, 0) is 7.05 Å². The van der Waals surface area contributed by atoms with E-state index in [0.717, 1.165) is 39.2 Å². The Labute approximate surface area is 191 Å². The molecule has 0 fully saturated rings.